The van der Waals surface area contributed by atoms with Crippen LogP contribution in [0.15, 0.2) is 72.8 Å². The van der Waals surface area contributed by atoms with Crippen LogP contribution in [-0.4, -0.2) is 216 Å². The summed E-state index contributed by atoms with van der Waals surface area (Å²) in [5, 5.41) is 133. The molecular weight excluding hydrogens is 1600 g/mol. The number of unbranched alkanes of at least 4 members (excludes halogenated alkanes) is 7. The number of carbonyl (C=O) groups is 7. The van der Waals surface area contributed by atoms with Gasteiger partial charge < -0.3 is 143 Å². The van der Waals surface area contributed by atoms with Gasteiger partial charge in [0, 0.05) is 49.3 Å². The van der Waals surface area contributed by atoms with Gasteiger partial charge in [-0.1, -0.05) is 107 Å². The van der Waals surface area contributed by atoms with E-state index in [4.69, 9.17) is 57.4 Å². The molecule has 5 aromatic carbocycles. The number of primary amides is 1. The van der Waals surface area contributed by atoms with Gasteiger partial charge in [-0.2, -0.15) is 0 Å². The van der Waals surface area contributed by atoms with Crippen molar-refractivity contribution >= 4 is 72.1 Å². The zero-order chi connectivity index (χ0) is 85.8. The molecule has 7 aliphatic heterocycles. The Kier molecular flexibility index (Phi) is 31.6. The quantitative estimate of drug-likeness (QED) is 0.0242. The minimum absolute atomic E-state index is 0.103. The first-order chi connectivity index (χ1) is 56.0. The van der Waals surface area contributed by atoms with Gasteiger partial charge in [0.2, 0.25) is 53.4 Å². The maximum atomic E-state index is 16.3. The predicted octanol–water partition coefficient (Wildman–Crippen LogP) is 3.07. The number of aliphatic hydroxyl groups is 6. The van der Waals surface area contributed by atoms with Crippen LogP contribution >= 0.6 is 30.8 Å². The third-order valence-electron chi connectivity index (χ3n) is 21.3. The molecule has 0 spiro atoms. The SMILES string of the molecule is CCCCCCCCCCNCCNC1(C)CC(OC2C(Oc3c4cc5cc3Oc3ccc(cc3Cl)[C@@H](O)[C@@H](NC(=O)[C@@H](CC(C)C)NC)C(=O)N[C@@H](CC(N)=O)C(=O)N[C@H]5C(=O)N[C@H]3C(=O)N[C@H](C(=O)NCc5cc(O)c(CNCP(=O)(O)O)c(O)c5-c5cc3ccc5O)[C@H](O)c3ccc(c(Cl)c3)O4)OC(CO)C(O)C2O)OC(C)C1O. The molecule has 39 heteroatoms. The first kappa shape index (κ1) is 91.7. The second kappa shape index (κ2) is 40.6. The van der Waals surface area contributed by atoms with Crippen molar-refractivity contribution < 1.29 is 122 Å². The largest absolute Gasteiger partial charge is 0.507 e. The zero-order valence-corrected chi connectivity index (χ0v) is 68.3. The number of nitrogens with one attached hydrogen (secondary N) is 10. The van der Waals surface area contributed by atoms with Crippen LogP contribution in [0.1, 0.15) is 163 Å². The summed E-state index contributed by atoms with van der Waals surface area (Å²) in [6, 6.07) is 1.79. The molecule has 9 unspecified atom stereocenters. The lowest BCUT2D eigenvalue weighted by Crippen LogP contribution is -2.65. The molecule has 2 fully saturated rings. The van der Waals surface area contributed by atoms with Crippen molar-refractivity contribution in [2.45, 2.75) is 222 Å². The molecule has 36 nitrogen and oxygen atoms in total. The van der Waals surface area contributed by atoms with E-state index < -0.39 is 225 Å². The number of ether oxygens (including phenoxy) is 6. The second-order valence-electron chi connectivity index (χ2n) is 30.8. The summed E-state index contributed by atoms with van der Waals surface area (Å²) in [7, 11) is -3.26. The lowest BCUT2D eigenvalue weighted by Gasteiger charge is -2.48. The zero-order valence-electron chi connectivity index (χ0n) is 65.9. The summed E-state index contributed by atoms with van der Waals surface area (Å²) in [6.45, 7) is 8.63. The molecule has 5 aromatic rings. The molecule has 7 heterocycles. The predicted molar refractivity (Wildman–Crippen MR) is 426 cm³/mol. The van der Waals surface area contributed by atoms with E-state index in [1.807, 2.05) is 13.8 Å². The molecular formula is C79H106Cl2N11O25P. The van der Waals surface area contributed by atoms with E-state index in [0.29, 0.717) is 13.1 Å². The fourth-order valence-corrected chi connectivity index (χ4v) is 15.8. The van der Waals surface area contributed by atoms with Gasteiger partial charge in [-0.05, 0) is 129 Å². The van der Waals surface area contributed by atoms with E-state index in [1.165, 1.54) is 63.4 Å². The van der Waals surface area contributed by atoms with Gasteiger partial charge in [0.05, 0.1) is 53.2 Å². The molecule has 12 rings (SSSR count). The molecule has 646 valence electrons. The van der Waals surface area contributed by atoms with Crippen LogP contribution in [-0.2, 0) is 65.4 Å². The van der Waals surface area contributed by atoms with Crippen LogP contribution in [0.2, 0.25) is 10.0 Å². The van der Waals surface area contributed by atoms with Gasteiger partial charge in [-0.3, -0.25) is 38.1 Å². The van der Waals surface area contributed by atoms with Gasteiger partial charge in [0.15, 0.2) is 23.9 Å². The third kappa shape index (κ3) is 22.5. The highest BCUT2D eigenvalue weighted by molar-refractivity contribution is 7.51. The number of phenolic OH excluding ortho intramolecular Hbond substituents is 3. The van der Waals surface area contributed by atoms with E-state index in [9.17, 15) is 79.5 Å². The van der Waals surface area contributed by atoms with Crippen LogP contribution in [0.25, 0.3) is 11.1 Å². The summed E-state index contributed by atoms with van der Waals surface area (Å²) in [4.78, 5) is 124. The average Bonchev–Trinajstić information content (AvgIpc) is 0.763. The lowest BCUT2D eigenvalue weighted by atomic mass is 9.85. The first-order valence-electron chi connectivity index (χ1n) is 39.1. The van der Waals surface area contributed by atoms with E-state index in [1.54, 1.807) is 13.8 Å². The smallest absolute Gasteiger partial charge is 0.339 e. The molecule has 11 bridgehead atoms. The summed E-state index contributed by atoms with van der Waals surface area (Å²) < 4.78 is 51.5. The number of fused-ring (bicyclic) bond motifs is 15. The number of hydrogen-bond acceptors (Lipinski definition) is 27. The number of benzene rings is 5. The lowest BCUT2D eigenvalue weighted by molar-refractivity contribution is -0.334. The Balaban J connectivity index is 1.15. The summed E-state index contributed by atoms with van der Waals surface area (Å²) >= 11 is 14.3. The van der Waals surface area contributed by atoms with Gasteiger partial charge in [0.25, 0.3) is 0 Å². The van der Waals surface area contributed by atoms with Crippen LogP contribution in [0.4, 0.5) is 0 Å². The number of halogens is 2. The third-order valence-corrected chi connectivity index (χ3v) is 22.6. The Morgan fingerprint density at radius 3 is 1.94 bits per heavy atom. The molecule has 17 atom stereocenters. The Hall–Kier alpha value is -8.60. The maximum Gasteiger partial charge on any atom is 0.339 e. The Morgan fingerprint density at radius 2 is 1.32 bits per heavy atom. The maximum absolute atomic E-state index is 16.3. The number of carbonyl (C=O) groups excluding carboxylic acids is 7. The van der Waals surface area contributed by atoms with Crippen molar-refractivity contribution in [3.63, 3.8) is 0 Å². The number of rotatable bonds is 29. The van der Waals surface area contributed by atoms with Crippen LogP contribution in [0, 0.1) is 5.92 Å². The Labute approximate surface area is 690 Å². The Morgan fingerprint density at radius 1 is 0.703 bits per heavy atom. The van der Waals surface area contributed by atoms with Crippen LogP contribution in [0.3, 0.4) is 0 Å². The average molecular weight is 1710 g/mol. The molecule has 0 radical (unpaired) electrons. The van der Waals surface area contributed by atoms with Crippen molar-refractivity contribution in [1.82, 2.24) is 53.2 Å². The van der Waals surface area contributed by atoms with E-state index >= 15 is 14.4 Å². The number of likely N-dealkylation sites (N-methyl/N-ethyl adjacent to an activating group) is 1. The fourth-order valence-electron chi connectivity index (χ4n) is 14.9. The number of amides is 7. The molecule has 118 heavy (non-hydrogen) atoms. The number of hydrogen-bond donors (Lipinski definition) is 22. The minimum Gasteiger partial charge on any atom is -0.507 e. The highest BCUT2D eigenvalue weighted by Gasteiger charge is 2.52. The Bertz CT molecular complexity index is 4490. The molecule has 7 amide bonds. The van der Waals surface area contributed by atoms with Crippen molar-refractivity contribution in [3.8, 4) is 57.1 Å². The molecule has 0 saturated carbocycles. The highest BCUT2D eigenvalue weighted by Crippen LogP contribution is 2.50. The van der Waals surface area contributed by atoms with Crippen LogP contribution < -0.4 is 73.1 Å². The molecule has 23 N–H and O–H groups in total. The number of aromatic hydroxyl groups is 3. The monoisotopic (exact) mass is 1710 g/mol. The van der Waals surface area contributed by atoms with E-state index in [0.717, 1.165) is 74.3 Å². The molecule has 2 saturated heterocycles. The van der Waals surface area contributed by atoms with Gasteiger partial charge in [-0.25, -0.2) is 0 Å². The van der Waals surface area contributed by atoms with E-state index in [2.05, 4.69) is 60.1 Å². The first-order valence-corrected chi connectivity index (χ1v) is 41.7. The topological polar surface area (TPSA) is 561 Å². The van der Waals surface area contributed by atoms with Crippen molar-refractivity contribution in [2.24, 2.45) is 11.7 Å². The normalized spacial score (nSPS) is 26.5. The minimum atomic E-state index is -4.75. The highest BCUT2D eigenvalue weighted by atomic mass is 35.5. The van der Waals surface area contributed by atoms with Gasteiger partial charge in [-0.15, -0.1) is 0 Å². The summed E-state index contributed by atoms with van der Waals surface area (Å²) in [5.41, 5.74) is 2.33. The second-order valence-corrected chi connectivity index (χ2v) is 33.3. The van der Waals surface area contributed by atoms with Crippen LogP contribution in [0.5, 0.6) is 46.0 Å². The van der Waals surface area contributed by atoms with Crippen molar-refractivity contribution in [3.05, 3.63) is 116 Å². The molecule has 7 aliphatic rings. The van der Waals surface area contributed by atoms with Gasteiger partial charge in [0.1, 0.15) is 89.5 Å². The van der Waals surface area contributed by atoms with E-state index in [-0.39, 0.29) is 79.2 Å². The number of aliphatic hydroxyl groups excluding tert-OH is 6. The van der Waals surface area contributed by atoms with Gasteiger partial charge >= 0.3 is 7.60 Å². The number of phenols is 3. The van der Waals surface area contributed by atoms with Crippen molar-refractivity contribution in [1.29, 1.82) is 0 Å². The summed E-state index contributed by atoms with van der Waals surface area (Å²) in [6.07, 6.45) is -9.80. The fraction of sp³-hybridized carbons (Fsp3) is 0.532. The molecule has 0 aliphatic carbocycles. The molecule has 0 aromatic heterocycles. The standard InChI is InChI=1S/C79H106Cl2N11O25P/c1-7-8-9-10-11-12-13-14-21-84-22-23-87-79(5)32-58(112-38(4)71(79)102)116-70-68(101)67(100)56(35-93)115-78(70)117-69-54-29-42-30-55(69)114-53-20-17-41(27-47(53)81)65(98)63(91-72(103)48(83-6)24-37(2)3)77(108)88-49(31-57(82)96)73(104)89-61(42)76(107)90-60-39-15-18-50(94)44(25-39)59-43(28-51(95)45(66(59)99)34-85-36-118(109,110)111)33-86-74(105)62(92-75(60)106)64(97)40-16-19-52(113-54)46(80)26-40/h15-20,25-30,37-38,48-49,56,58,60-65,67-68,70-71,78,83-85,87,93-95,97-102H,7-14,21-24,31-36H2,1-6H3,(H2,82,96)(H,86,105)(H,88,108)(H,89,104)(H,90,107)(H,91,103)(H,92,106)(H2,109,110,111)/t38?,48-,49+,56?,58?,60-,61-,62+,63-,64-,65-,67?,68?,70?,71?,78?,79?/m1/s1. The van der Waals surface area contributed by atoms with Crippen molar-refractivity contribution in [2.75, 3.05) is 39.6 Å². The number of nitrogens with two attached hydrogens (primary N) is 1. The summed E-state index contributed by atoms with van der Waals surface area (Å²) in [5.74, 6) is -13.4.